The van der Waals surface area contributed by atoms with Gasteiger partial charge >= 0.3 is 0 Å². The van der Waals surface area contributed by atoms with Gasteiger partial charge < -0.3 is 20.3 Å². The summed E-state index contributed by atoms with van der Waals surface area (Å²) in [5.74, 6) is 1.33. The van der Waals surface area contributed by atoms with Gasteiger partial charge in [0.15, 0.2) is 0 Å². The Balaban J connectivity index is 1.09. The molecular formula is C25H29ClN6O2. The number of nitrogens with zero attached hydrogens (tertiary/aromatic N) is 4. The molecule has 8 nitrogen and oxygen atoms in total. The van der Waals surface area contributed by atoms with Gasteiger partial charge in [-0.25, -0.2) is 9.97 Å². The number of rotatable bonds is 5. The predicted molar refractivity (Wildman–Crippen MR) is 129 cm³/mol. The second kappa shape index (κ2) is 9.77. The third kappa shape index (κ3) is 4.96. The largest absolute Gasteiger partial charge is 0.490 e. The zero-order chi connectivity index (χ0) is 23.5. The number of amides is 1. The van der Waals surface area contributed by atoms with Crippen LogP contribution >= 0.6 is 11.6 Å². The summed E-state index contributed by atoms with van der Waals surface area (Å²) >= 11 is 6.09. The molecule has 3 heterocycles. The number of hydrogen-bond donors (Lipinski definition) is 2. The van der Waals surface area contributed by atoms with Crippen LogP contribution in [0.2, 0.25) is 5.02 Å². The number of nitriles is 1. The number of aromatic nitrogens is 2. The predicted octanol–water partition coefficient (Wildman–Crippen LogP) is 3.31. The Bertz CT molecular complexity index is 1070. The summed E-state index contributed by atoms with van der Waals surface area (Å²) in [6, 6.07) is 7.26. The number of carbonyl (C=O) groups is 1. The van der Waals surface area contributed by atoms with Crippen molar-refractivity contribution in [2.24, 2.45) is 5.41 Å². The molecule has 3 fully saturated rings. The molecule has 0 bridgehead atoms. The van der Waals surface area contributed by atoms with Crippen LogP contribution in [0.4, 0.5) is 5.82 Å². The van der Waals surface area contributed by atoms with E-state index in [1.165, 1.54) is 12.8 Å². The summed E-state index contributed by atoms with van der Waals surface area (Å²) < 4.78 is 6.03. The van der Waals surface area contributed by atoms with E-state index in [1.807, 2.05) is 6.07 Å². The van der Waals surface area contributed by atoms with Crippen molar-refractivity contribution in [3.63, 3.8) is 0 Å². The Morgan fingerprint density at radius 1 is 1.24 bits per heavy atom. The topological polar surface area (TPSA) is 103 Å². The van der Waals surface area contributed by atoms with Crippen molar-refractivity contribution >= 4 is 23.3 Å². The van der Waals surface area contributed by atoms with Gasteiger partial charge in [0.2, 0.25) is 0 Å². The lowest BCUT2D eigenvalue weighted by Crippen LogP contribution is -2.40. The summed E-state index contributed by atoms with van der Waals surface area (Å²) in [6.07, 6.45) is 9.09. The van der Waals surface area contributed by atoms with Crippen LogP contribution in [0.25, 0.3) is 0 Å². The van der Waals surface area contributed by atoms with Crippen LogP contribution in [0, 0.1) is 16.7 Å². The van der Waals surface area contributed by atoms with E-state index in [1.54, 1.807) is 30.6 Å². The van der Waals surface area contributed by atoms with Gasteiger partial charge in [-0.15, -0.1) is 0 Å². The average Bonchev–Trinajstić information content (AvgIpc) is 3.50. The number of halogens is 1. The Hall–Kier alpha value is -2.89. The molecule has 2 N–H and O–H groups in total. The van der Waals surface area contributed by atoms with E-state index in [4.69, 9.17) is 21.6 Å². The monoisotopic (exact) mass is 480 g/mol. The first-order valence-corrected chi connectivity index (χ1v) is 12.4. The van der Waals surface area contributed by atoms with Crippen LogP contribution in [0.3, 0.4) is 0 Å². The van der Waals surface area contributed by atoms with Crippen molar-refractivity contribution in [3.8, 4) is 11.8 Å². The Morgan fingerprint density at radius 2 is 2.09 bits per heavy atom. The molecule has 3 aliphatic rings. The van der Waals surface area contributed by atoms with Crippen LogP contribution in [0.15, 0.2) is 30.6 Å². The van der Waals surface area contributed by atoms with Crippen LogP contribution in [-0.2, 0) is 0 Å². The van der Waals surface area contributed by atoms with E-state index in [9.17, 15) is 4.79 Å². The summed E-state index contributed by atoms with van der Waals surface area (Å²) in [7, 11) is 0. The van der Waals surface area contributed by atoms with Crippen LogP contribution in [-0.4, -0.2) is 54.2 Å². The zero-order valence-electron chi connectivity index (χ0n) is 19.1. The molecular weight excluding hydrogens is 452 g/mol. The second-order valence-electron chi connectivity index (χ2n) is 9.68. The normalized spacial score (nSPS) is 26.4. The number of nitrogens with one attached hydrogen (secondary N) is 2. The highest BCUT2D eigenvalue weighted by atomic mass is 35.5. The first kappa shape index (κ1) is 22.9. The van der Waals surface area contributed by atoms with Crippen LogP contribution in [0.5, 0.6) is 5.75 Å². The number of ether oxygens (including phenoxy) is 1. The molecule has 2 aliphatic heterocycles. The maximum atomic E-state index is 12.7. The summed E-state index contributed by atoms with van der Waals surface area (Å²) in [6.45, 7) is 4.16. The van der Waals surface area contributed by atoms with E-state index in [0.717, 1.165) is 57.7 Å². The maximum Gasteiger partial charge on any atom is 0.271 e. The summed E-state index contributed by atoms with van der Waals surface area (Å²) in [5.41, 5.74) is 1.16. The quantitative estimate of drug-likeness (QED) is 0.676. The summed E-state index contributed by atoms with van der Waals surface area (Å²) in [4.78, 5) is 23.9. The number of hydrogen-bond acceptors (Lipinski definition) is 7. The van der Waals surface area contributed by atoms with Crippen molar-refractivity contribution in [2.45, 2.75) is 50.7 Å². The molecule has 1 spiro atoms. The van der Waals surface area contributed by atoms with Crippen molar-refractivity contribution in [3.05, 3.63) is 46.9 Å². The Labute approximate surface area is 204 Å². The van der Waals surface area contributed by atoms with Gasteiger partial charge in [-0.3, -0.25) is 4.79 Å². The van der Waals surface area contributed by atoms with E-state index in [-0.39, 0.29) is 18.1 Å². The molecule has 5 rings (SSSR count). The lowest BCUT2D eigenvalue weighted by Gasteiger charge is -2.29. The van der Waals surface area contributed by atoms with E-state index < -0.39 is 0 Å². The van der Waals surface area contributed by atoms with Gasteiger partial charge in [-0.1, -0.05) is 11.6 Å². The number of benzene rings is 1. The van der Waals surface area contributed by atoms with Gasteiger partial charge in [0.25, 0.3) is 5.91 Å². The van der Waals surface area contributed by atoms with Crippen molar-refractivity contribution < 1.29 is 9.53 Å². The first-order valence-electron chi connectivity index (χ1n) is 12.0. The highest BCUT2D eigenvalue weighted by molar-refractivity contribution is 6.31. The molecule has 1 aromatic carbocycles. The third-order valence-electron chi connectivity index (χ3n) is 7.34. The van der Waals surface area contributed by atoms with Crippen LogP contribution < -0.4 is 20.3 Å². The van der Waals surface area contributed by atoms with Crippen LogP contribution in [0.1, 0.15) is 54.6 Å². The highest BCUT2D eigenvalue weighted by Gasteiger charge is 2.40. The second-order valence-corrected chi connectivity index (χ2v) is 10.1. The molecule has 1 unspecified atom stereocenters. The van der Waals surface area contributed by atoms with Crippen molar-refractivity contribution in [1.82, 2.24) is 20.6 Å². The molecule has 178 valence electrons. The molecule has 1 aliphatic carbocycles. The number of anilines is 1. The molecule has 1 saturated carbocycles. The highest BCUT2D eigenvalue weighted by Crippen LogP contribution is 2.37. The Morgan fingerprint density at radius 3 is 2.76 bits per heavy atom. The van der Waals surface area contributed by atoms with Gasteiger partial charge in [-0.2, -0.15) is 5.26 Å². The molecule has 34 heavy (non-hydrogen) atoms. The van der Waals surface area contributed by atoms with Crippen molar-refractivity contribution in [1.29, 1.82) is 5.26 Å². The minimum atomic E-state index is -0.180. The van der Waals surface area contributed by atoms with Gasteiger partial charge in [0.1, 0.15) is 23.3 Å². The number of carbonyl (C=O) groups excluding carboxylic acids is 1. The standard InChI is InChI=1S/C25H29ClN6O2/c26-21-11-20(4-1-17(21)12-27)34-19-5-2-18(3-6-19)31-24(33)22-13-30-23(14-29-22)32-10-8-25(16-32)7-9-28-15-25/h1,4,11,13-14,18-19,28H,2-3,5-10,15-16H2,(H,31,33)/t18-,19-,25?. The van der Waals surface area contributed by atoms with Crippen molar-refractivity contribution in [2.75, 3.05) is 31.1 Å². The fraction of sp³-hybridized carbons (Fsp3) is 0.520. The lowest BCUT2D eigenvalue weighted by molar-refractivity contribution is 0.0888. The third-order valence-corrected chi connectivity index (χ3v) is 7.65. The molecule has 1 amide bonds. The zero-order valence-corrected chi connectivity index (χ0v) is 19.9. The molecule has 1 atom stereocenters. The van der Waals surface area contributed by atoms with Gasteiger partial charge in [-0.05, 0) is 57.2 Å². The Kier molecular flexibility index (Phi) is 6.57. The lowest BCUT2D eigenvalue weighted by atomic mass is 9.87. The average molecular weight is 481 g/mol. The SMILES string of the molecule is N#Cc1ccc(O[C@H]2CC[C@H](NC(=O)c3cnc(N4CCC5(CCNC5)C4)cn3)CC2)cc1Cl. The van der Waals surface area contributed by atoms with Gasteiger partial charge in [0.05, 0.1) is 29.1 Å². The molecule has 9 heteroatoms. The summed E-state index contributed by atoms with van der Waals surface area (Å²) in [5, 5.41) is 16.0. The minimum Gasteiger partial charge on any atom is -0.490 e. The minimum absolute atomic E-state index is 0.0649. The molecule has 2 saturated heterocycles. The smallest absolute Gasteiger partial charge is 0.271 e. The molecule has 2 aromatic rings. The van der Waals surface area contributed by atoms with E-state index in [2.05, 4.69) is 25.5 Å². The molecule has 1 aromatic heterocycles. The fourth-order valence-corrected chi connectivity index (χ4v) is 5.53. The first-order chi connectivity index (χ1) is 16.5. The van der Waals surface area contributed by atoms with E-state index in [0.29, 0.717) is 27.4 Å². The fourth-order valence-electron chi connectivity index (χ4n) is 5.31. The molecule has 0 radical (unpaired) electrons. The van der Waals surface area contributed by atoms with E-state index >= 15 is 0 Å². The maximum absolute atomic E-state index is 12.7. The van der Waals surface area contributed by atoms with Gasteiger partial charge in [0, 0.05) is 37.2 Å².